The molecule has 0 radical (unpaired) electrons. The van der Waals surface area contributed by atoms with E-state index in [-0.39, 0.29) is 5.78 Å². The van der Waals surface area contributed by atoms with E-state index in [1.807, 2.05) is 0 Å². The van der Waals surface area contributed by atoms with Crippen LogP contribution in [0.15, 0.2) is 18.5 Å². The molecule has 1 heterocycles. The number of aromatic amines is 1. The Morgan fingerprint density at radius 2 is 2.50 bits per heavy atom. The number of nitrogens with one attached hydrogen (secondary N) is 1. The maximum Gasteiger partial charge on any atom is 0.190 e. The monoisotopic (exact) mass is 193 g/mol. The minimum absolute atomic E-state index is 0.100. The molecule has 3 N–H and O–H groups in total. The highest BCUT2D eigenvalue weighted by Gasteiger charge is 2.15. The van der Waals surface area contributed by atoms with E-state index in [0.29, 0.717) is 11.5 Å². The number of carbonyl (C=O) groups is 1. The Hall–Kier alpha value is -1.58. The molecule has 0 spiro atoms. The number of H-pyrrole nitrogens is 1. The molecule has 4 nitrogen and oxygen atoms in total. The van der Waals surface area contributed by atoms with E-state index in [1.54, 1.807) is 6.20 Å². The Morgan fingerprint density at radius 3 is 3.07 bits per heavy atom. The van der Waals surface area contributed by atoms with Crippen LogP contribution in [0.2, 0.25) is 0 Å². The number of aromatic nitrogens is 2. The lowest BCUT2D eigenvalue weighted by Crippen LogP contribution is -2.02. The van der Waals surface area contributed by atoms with Crippen LogP contribution in [0.5, 0.6) is 0 Å². The zero-order valence-corrected chi connectivity index (χ0v) is 8.45. The molecular formula is C10H15N3O. The van der Waals surface area contributed by atoms with Gasteiger partial charge >= 0.3 is 0 Å². The Kier molecular flexibility index (Phi) is 3.45. The van der Waals surface area contributed by atoms with E-state index in [0.717, 1.165) is 12.1 Å². The van der Waals surface area contributed by atoms with Crippen molar-refractivity contribution >= 4 is 5.78 Å². The number of rotatable bonds is 4. The van der Waals surface area contributed by atoms with Crippen molar-refractivity contribution in [1.82, 2.24) is 10.2 Å². The molecule has 1 rings (SSSR count). The minimum atomic E-state index is -0.100. The van der Waals surface area contributed by atoms with Gasteiger partial charge in [-0.15, -0.1) is 0 Å². The van der Waals surface area contributed by atoms with Crippen molar-refractivity contribution in [2.45, 2.75) is 26.2 Å². The molecule has 0 saturated heterocycles. The molecule has 1 aromatic heterocycles. The van der Waals surface area contributed by atoms with E-state index in [4.69, 9.17) is 5.73 Å². The summed E-state index contributed by atoms with van der Waals surface area (Å²) in [6.07, 6.45) is 5.10. The Morgan fingerprint density at radius 1 is 1.79 bits per heavy atom. The van der Waals surface area contributed by atoms with Gasteiger partial charge in [0.1, 0.15) is 0 Å². The van der Waals surface area contributed by atoms with Crippen LogP contribution in [-0.4, -0.2) is 16.0 Å². The van der Waals surface area contributed by atoms with Crippen LogP contribution in [0.4, 0.5) is 0 Å². The third-order valence-corrected chi connectivity index (χ3v) is 2.29. The number of nitrogens with zero attached hydrogens (tertiary/aromatic N) is 1. The number of hydrogen-bond donors (Lipinski definition) is 2. The lowest BCUT2D eigenvalue weighted by molar-refractivity contribution is 0.104. The van der Waals surface area contributed by atoms with E-state index in [2.05, 4.69) is 24.0 Å². The highest BCUT2D eigenvalue weighted by atomic mass is 16.1. The third-order valence-electron chi connectivity index (χ3n) is 2.29. The molecule has 1 atom stereocenters. The summed E-state index contributed by atoms with van der Waals surface area (Å²) < 4.78 is 0. The normalized spacial score (nSPS) is 13.3. The molecule has 0 aromatic carbocycles. The van der Waals surface area contributed by atoms with Crippen LogP contribution in [0, 0.1) is 0 Å². The van der Waals surface area contributed by atoms with Crippen LogP contribution in [0.1, 0.15) is 42.2 Å². The van der Waals surface area contributed by atoms with Crippen molar-refractivity contribution in [3.8, 4) is 0 Å². The average molecular weight is 193 g/mol. The second kappa shape index (κ2) is 4.60. The standard InChI is InChI=1S/C10H15N3O/c1-3-7(2)10-8(6-12-13-10)9(14)4-5-11/h4-7H,3,11H2,1-2H3,(H,12,13)/b5-4-. The fourth-order valence-corrected chi connectivity index (χ4v) is 1.25. The van der Waals surface area contributed by atoms with E-state index >= 15 is 0 Å². The summed E-state index contributed by atoms with van der Waals surface area (Å²) in [5, 5.41) is 6.72. The Labute approximate surface area is 83.2 Å². The Balaban J connectivity index is 2.98. The van der Waals surface area contributed by atoms with Crippen LogP contribution in [0.3, 0.4) is 0 Å². The molecule has 1 unspecified atom stereocenters. The van der Waals surface area contributed by atoms with Crippen molar-refractivity contribution in [2.75, 3.05) is 0 Å². The van der Waals surface area contributed by atoms with E-state index in [1.165, 1.54) is 12.3 Å². The minimum Gasteiger partial charge on any atom is -0.404 e. The largest absolute Gasteiger partial charge is 0.404 e. The fourth-order valence-electron chi connectivity index (χ4n) is 1.25. The first-order valence-corrected chi connectivity index (χ1v) is 4.66. The van der Waals surface area contributed by atoms with Gasteiger partial charge < -0.3 is 5.73 Å². The molecule has 76 valence electrons. The summed E-state index contributed by atoms with van der Waals surface area (Å²) >= 11 is 0. The first-order valence-electron chi connectivity index (χ1n) is 4.66. The van der Waals surface area contributed by atoms with E-state index in [9.17, 15) is 4.79 Å². The van der Waals surface area contributed by atoms with Gasteiger partial charge in [-0.2, -0.15) is 5.10 Å². The van der Waals surface area contributed by atoms with Crippen LogP contribution >= 0.6 is 0 Å². The number of nitrogens with two attached hydrogens (primary N) is 1. The summed E-state index contributed by atoms with van der Waals surface area (Å²) in [6.45, 7) is 4.12. The quantitative estimate of drug-likeness (QED) is 0.563. The summed E-state index contributed by atoms with van der Waals surface area (Å²) in [4.78, 5) is 11.5. The molecule has 0 amide bonds. The van der Waals surface area contributed by atoms with Gasteiger partial charge in [0.2, 0.25) is 0 Å². The zero-order chi connectivity index (χ0) is 10.6. The summed E-state index contributed by atoms with van der Waals surface area (Å²) in [7, 11) is 0. The molecule has 1 aromatic rings. The molecule has 0 fully saturated rings. The average Bonchev–Trinajstić information content (AvgIpc) is 2.65. The van der Waals surface area contributed by atoms with Crippen molar-refractivity contribution in [1.29, 1.82) is 0 Å². The molecule has 14 heavy (non-hydrogen) atoms. The maximum atomic E-state index is 11.5. The SMILES string of the molecule is CCC(C)c1[nH]ncc1C(=O)/C=C\N. The lowest BCUT2D eigenvalue weighted by Gasteiger charge is -2.06. The van der Waals surface area contributed by atoms with Crippen LogP contribution in [-0.2, 0) is 0 Å². The number of allylic oxidation sites excluding steroid dienone is 1. The van der Waals surface area contributed by atoms with Gasteiger partial charge in [0.15, 0.2) is 5.78 Å². The molecular weight excluding hydrogens is 178 g/mol. The molecule has 0 aliphatic heterocycles. The topological polar surface area (TPSA) is 71.8 Å². The van der Waals surface area contributed by atoms with Gasteiger partial charge in [0.25, 0.3) is 0 Å². The number of carbonyl (C=O) groups excluding carboxylic acids is 1. The van der Waals surface area contributed by atoms with Gasteiger partial charge in [-0.1, -0.05) is 13.8 Å². The van der Waals surface area contributed by atoms with Gasteiger partial charge in [-0.3, -0.25) is 9.89 Å². The smallest absolute Gasteiger partial charge is 0.190 e. The third kappa shape index (κ3) is 2.02. The van der Waals surface area contributed by atoms with Gasteiger partial charge in [-0.05, 0) is 18.5 Å². The molecule has 0 aliphatic carbocycles. The first-order chi connectivity index (χ1) is 6.70. The molecule has 0 aliphatic rings. The molecule has 0 saturated carbocycles. The van der Waals surface area contributed by atoms with Gasteiger partial charge in [0, 0.05) is 11.8 Å². The summed E-state index contributed by atoms with van der Waals surface area (Å²) in [6, 6.07) is 0. The predicted octanol–water partition coefficient (Wildman–Crippen LogP) is 1.58. The lowest BCUT2D eigenvalue weighted by atomic mass is 9.99. The zero-order valence-electron chi connectivity index (χ0n) is 8.45. The second-order valence-corrected chi connectivity index (χ2v) is 3.23. The molecule has 4 heteroatoms. The van der Waals surface area contributed by atoms with Crippen LogP contribution in [0.25, 0.3) is 0 Å². The highest BCUT2D eigenvalue weighted by Crippen LogP contribution is 2.20. The van der Waals surface area contributed by atoms with Crippen molar-refractivity contribution in [3.05, 3.63) is 29.7 Å². The Bertz CT molecular complexity index is 341. The van der Waals surface area contributed by atoms with Crippen molar-refractivity contribution in [3.63, 3.8) is 0 Å². The van der Waals surface area contributed by atoms with Crippen LogP contribution < -0.4 is 5.73 Å². The summed E-state index contributed by atoms with van der Waals surface area (Å²) in [5.74, 6) is 0.208. The van der Waals surface area contributed by atoms with Gasteiger partial charge in [-0.25, -0.2) is 0 Å². The predicted molar refractivity (Wildman–Crippen MR) is 55.0 cm³/mol. The second-order valence-electron chi connectivity index (χ2n) is 3.23. The van der Waals surface area contributed by atoms with Crippen molar-refractivity contribution in [2.24, 2.45) is 5.73 Å². The fraction of sp³-hybridized carbons (Fsp3) is 0.400. The highest BCUT2D eigenvalue weighted by molar-refractivity contribution is 6.05. The summed E-state index contributed by atoms with van der Waals surface area (Å²) in [5.41, 5.74) is 6.66. The maximum absolute atomic E-state index is 11.5. The number of ketones is 1. The van der Waals surface area contributed by atoms with E-state index < -0.39 is 0 Å². The first kappa shape index (κ1) is 10.5. The van der Waals surface area contributed by atoms with Crippen molar-refractivity contribution < 1.29 is 4.79 Å². The number of hydrogen-bond acceptors (Lipinski definition) is 3. The molecule has 0 bridgehead atoms. The van der Waals surface area contributed by atoms with Gasteiger partial charge in [0.05, 0.1) is 11.8 Å².